The minimum Gasteiger partial charge on any atom is -0.378 e. The van der Waals surface area contributed by atoms with Crippen LogP contribution in [-0.2, 0) is 4.74 Å². The summed E-state index contributed by atoms with van der Waals surface area (Å²) in [5.41, 5.74) is 0.470. The zero-order valence-electron chi connectivity index (χ0n) is 8.18. The average molecular weight is 156 g/mol. The highest BCUT2D eigenvalue weighted by Gasteiger charge is 2.29. The van der Waals surface area contributed by atoms with Crippen LogP contribution in [0.3, 0.4) is 0 Å². The van der Waals surface area contributed by atoms with Gasteiger partial charge in [-0.1, -0.05) is 20.8 Å². The second-order valence-electron chi connectivity index (χ2n) is 4.77. The normalized spacial score (nSPS) is 33.8. The predicted octanol–water partition coefficient (Wildman–Crippen LogP) is 2.85. The smallest absolute Gasteiger partial charge is 0.0549 e. The maximum Gasteiger partial charge on any atom is 0.0549 e. The monoisotopic (exact) mass is 156 g/mol. The van der Waals surface area contributed by atoms with Gasteiger partial charge in [0.05, 0.1) is 6.10 Å². The molecule has 0 aromatic heterocycles. The van der Waals surface area contributed by atoms with E-state index in [-0.39, 0.29) is 0 Å². The molecule has 1 nitrogen and oxygen atoms in total. The van der Waals surface area contributed by atoms with E-state index in [0.29, 0.717) is 11.5 Å². The lowest BCUT2D eigenvalue weighted by Crippen LogP contribution is -2.31. The van der Waals surface area contributed by atoms with E-state index in [1.54, 1.807) is 0 Å². The standard InChI is InChI=1S/C10H20O/c1-8-7-9(5-6-11-8)10(2,3)4/h8-9H,5-7H2,1-4H3/t8-,9?/m1/s1. The van der Waals surface area contributed by atoms with Gasteiger partial charge < -0.3 is 4.74 Å². The molecule has 0 N–H and O–H groups in total. The SMILES string of the molecule is C[C@@H]1CC(C(C)(C)C)CCO1. The van der Waals surface area contributed by atoms with Crippen molar-refractivity contribution in [2.45, 2.75) is 46.6 Å². The van der Waals surface area contributed by atoms with E-state index in [4.69, 9.17) is 4.74 Å². The molecule has 1 aliphatic heterocycles. The van der Waals surface area contributed by atoms with Crippen molar-refractivity contribution in [1.82, 2.24) is 0 Å². The van der Waals surface area contributed by atoms with Crippen LogP contribution in [0.25, 0.3) is 0 Å². The highest BCUT2D eigenvalue weighted by Crippen LogP contribution is 2.35. The number of hydrogen-bond donors (Lipinski definition) is 0. The van der Waals surface area contributed by atoms with Crippen LogP contribution in [0.1, 0.15) is 40.5 Å². The van der Waals surface area contributed by atoms with Gasteiger partial charge in [0.2, 0.25) is 0 Å². The van der Waals surface area contributed by atoms with Crippen molar-refractivity contribution in [3.63, 3.8) is 0 Å². The van der Waals surface area contributed by atoms with Crippen molar-refractivity contribution in [2.24, 2.45) is 11.3 Å². The van der Waals surface area contributed by atoms with Gasteiger partial charge in [-0.15, -0.1) is 0 Å². The van der Waals surface area contributed by atoms with Crippen molar-refractivity contribution in [3.05, 3.63) is 0 Å². The molecule has 11 heavy (non-hydrogen) atoms. The Kier molecular flexibility index (Phi) is 2.58. The van der Waals surface area contributed by atoms with Gasteiger partial charge in [0.25, 0.3) is 0 Å². The summed E-state index contributed by atoms with van der Waals surface area (Å²) in [7, 11) is 0. The van der Waals surface area contributed by atoms with Crippen LogP contribution in [0.15, 0.2) is 0 Å². The summed E-state index contributed by atoms with van der Waals surface area (Å²) < 4.78 is 5.50. The first-order valence-electron chi connectivity index (χ1n) is 4.62. The number of ether oxygens (including phenoxy) is 1. The third-order valence-corrected chi connectivity index (χ3v) is 2.71. The van der Waals surface area contributed by atoms with Gasteiger partial charge in [-0.25, -0.2) is 0 Å². The summed E-state index contributed by atoms with van der Waals surface area (Å²) in [6.45, 7) is 10.1. The molecule has 0 radical (unpaired) electrons. The Morgan fingerprint density at radius 2 is 1.91 bits per heavy atom. The fraction of sp³-hybridized carbons (Fsp3) is 1.00. The molecule has 0 amide bonds. The Hall–Kier alpha value is -0.0400. The first-order valence-corrected chi connectivity index (χ1v) is 4.62. The molecule has 2 atom stereocenters. The summed E-state index contributed by atoms with van der Waals surface area (Å²) >= 11 is 0. The lowest BCUT2D eigenvalue weighted by molar-refractivity contribution is -0.0248. The quantitative estimate of drug-likeness (QED) is 0.524. The van der Waals surface area contributed by atoms with Crippen molar-refractivity contribution in [2.75, 3.05) is 6.61 Å². The molecule has 66 valence electrons. The molecule has 0 aromatic carbocycles. The Bertz CT molecular complexity index is 123. The lowest BCUT2D eigenvalue weighted by Gasteiger charge is -2.36. The second-order valence-corrected chi connectivity index (χ2v) is 4.77. The Labute approximate surface area is 70.1 Å². The van der Waals surface area contributed by atoms with Gasteiger partial charge in [-0.05, 0) is 31.1 Å². The lowest BCUT2D eigenvalue weighted by atomic mass is 9.75. The molecular formula is C10H20O. The molecule has 0 saturated carbocycles. The van der Waals surface area contributed by atoms with Crippen molar-refractivity contribution in [1.29, 1.82) is 0 Å². The van der Waals surface area contributed by atoms with Gasteiger partial charge in [0, 0.05) is 6.61 Å². The Morgan fingerprint density at radius 3 is 2.27 bits per heavy atom. The van der Waals surface area contributed by atoms with Crippen LogP contribution in [0.5, 0.6) is 0 Å². The molecule has 1 unspecified atom stereocenters. The number of rotatable bonds is 0. The topological polar surface area (TPSA) is 9.23 Å². The van der Waals surface area contributed by atoms with E-state index in [9.17, 15) is 0 Å². The van der Waals surface area contributed by atoms with Crippen molar-refractivity contribution in [3.8, 4) is 0 Å². The van der Waals surface area contributed by atoms with Crippen LogP contribution in [0, 0.1) is 11.3 Å². The fourth-order valence-electron chi connectivity index (χ4n) is 1.78. The van der Waals surface area contributed by atoms with Crippen LogP contribution in [0.2, 0.25) is 0 Å². The van der Waals surface area contributed by atoms with Crippen molar-refractivity contribution < 1.29 is 4.74 Å². The van der Waals surface area contributed by atoms with Crippen LogP contribution in [-0.4, -0.2) is 12.7 Å². The summed E-state index contributed by atoms with van der Waals surface area (Å²) in [5.74, 6) is 0.853. The Balaban J connectivity index is 2.46. The van der Waals surface area contributed by atoms with E-state index in [1.165, 1.54) is 12.8 Å². The summed E-state index contributed by atoms with van der Waals surface area (Å²) in [6, 6.07) is 0. The molecule has 0 aromatic rings. The second kappa shape index (κ2) is 3.14. The molecule has 1 aliphatic rings. The molecule has 1 saturated heterocycles. The summed E-state index contributed by atoms with van der Waals surface area (Å²) in [5, 5.41) is 0. The molecule has 0 bridgehead atoms. The molecule has 1 rings (SSSR count). The third-order valence-electron chi connectivity index (χ3n) is 2.71. The molecular weight excluding hydrogens is 136 g/mol. The van der Waals surface area contributed by atoms with E-state index in [0.717, 1.165) is 12.5 Å². The first-order chi connectivity index (χ1) is 5.00. The highest BCUT2D eigenvalue weighted by molar-refractivity contribution is 4.78. The Morgan fingerprint density at radius 1 is 1.27 bits per heavy atom. The predicted molar refractivity (Wildman–Crippen MR) is 47.6 cm³/mol. The van der Waals surface area contributed by atoms with E-state index in [2.05, 4.69) is 27.7 Å². The first kappa shape index (κ1) is 9.05. The van der Waals surface area contributed by atoms with Crippen molar-refractivity contribution >= 4 is 0 Å². The van der Waals surface area contributed by atoms with Gasteiger partial charge in [-0.2, -0.15) is 0 Å². The largest absolute Gasteiger partial charge is 0.378 e. The minimum absolute atomic E-state index is 0.470. The van der Waals surface area contributed by atoms with Crippen LogP contribution in [0.4, 0.5) is 0 Å². The highest BCUT2D eigenvalue weighted by atomic mass is 16.5. The zero-order valence-corrected chi connectivity index (χ0v) is 8.18. The number of hydrogen-bond acceptors (Lipinski definition) is 1. The van der Waals surface area contributed by atoms with Gasteiger partial charge >= 0.3 is 0 Å². The summed E-state index contributed by atoms with van der Waals surface area (Å²) in [4.78, 5) is 0. The van der Waals surface area contributed by atoms with Gasteiger partial charge in [0.1, 0.15) is 0 Å². The molecule has 1 heteroatoms. The third kappa shape index (κ3) is 2.48. The molecule has 0 aliphatic carbocycles. The van der Waals surface area contributed by atoms with Crippen LogP contribution < -0.4 is 0 Å². The van der Waals surface area contributed by atoms with Gasteiger partial charge in [0.15, 0.2) is 0 Å². The zero-order chi connectivity index (χ0) is 8.48. The molecule has 1 fully saturated rings. The van der Waals surface area contributed by atoms with Crippen LogP contribution >= 0.6 is 0 Å². The molecule has 1 heterocycles. The maximum absolute atomic E-state index is 5.50. The summed E-state index contributed by atoms with van der Waals surface area (Å²) in [6.07, 6.45) is 2.96. The molecule has 0 spiro atoms. The minimum atomic E-state index is 0.470. The fourth-order valence-corrected chi connectivity index (χ4v) is 1.78. The van der Waals surface area contributed by atoms with E-state index >= 15 is 0 Å². The average Bonchev–Trinajstić information content (AvgIpc) is 1.86. The van der Waals surface area contributed by atoms with E-state index < -0.39 is 0 Å². The maximum atomic E-state index is 5.50. The van der Waals surface area contributed by atoms with E-state index in [1.807, 2.05) is 0 Å². The van der Waals surface area contributed by atoms with Gasteiger partial charge in [-0.3, -0.25) is 0 Å².